The summed E-state index contributed by atoms with van der Waals surface area (Å²) >= 11 is 0. The van der Waals surface area contributed by atoms with Crippen LogP contribution in [0.2, 0.25) is 0 Å². The Bertz CT molecular complexity index is 315. The molecule has 0 amide bonds. The Hall–Kier alpha value is -1.06. The predicted molar refractivity (Wildman–Crippen MR) is 98.3 cm³/mol. The zero-order valence-electron chi connectivity index (χ0n) is 15.6. The van der Waals surface area contributed by atoms with Crippen molar-refractivity contribution < 1.29 is 19.8 Å². The number of carboxylic acids is 2. The van der Waals surface area contributed by atoms with Gasteiger partial charge in [-0.05, 0) is 25.2 Å². The van der Waals surface area contributed by atoms with E-state index >= 15 is 0 Å². The molecule has 0 saturated carbocycles. The van der Waals surface area contributed by atoms with Crippen LogP contribution in [0.3, 0.4) is 0 Å². The van der Waals surface area contributed by atoms with E-state index in [1.54, 1.807) is 0 Å². The first-order chi connectivity index (χ1) is 11.6. The lowest BCUT2D eigenvalue weighted by Gasteiger charge is -2.14. The zero-order chi connectivity index (χ0) is 18.0. The van der Waals surface area contributed by atoms with Gasteiger partial charge in [-0.25, -0.2) is 0 Å². The summed E-state index contributed by atoms with van der Waals surface area (Å²) in [6, 6.07) is 0. The van der Waals surface area contributed by atoms with Crippen molar-refractivity contribution in [2.24, 2.45) is 5.92 Å². The highest BCUT2D eigenvalue weighted by Crippen LogP contribution is 2.22. The smallest absolute Gasteiger partial charge is 0.303 e. The summed E-state index contributed by atoms with van der Waals surface area (Å²) in [6.45, 7) is 2.22. The van der Waals surface area contributed by atoms with Gasteiger partial charge in [0.1, 0.15) is 0 Å². The summed E-state index contributed by atoms with van der Waals surface area (Å²) in [5.74, 6) is -1.08. The van der Waals surface area contributed by atoms with E-state index < -0.39 is 11.9 Å². The average molecular weight is 343 g/mol. The Morgan fingerprint density at radius 3 is 1.58 bits per heavy atom. The van der Waals surface area contributed by atoms with Gasteiger partial charge in [-0.15, -0.1) is 0 Å². The lowest BCUT2D eigenvalue weighted by molar-refractivity contribution is -0.138. The first-order valence-corrected chi connectivity index (χ1v) is 9.99. The van der Waals surface area contributed by atoms with Gasteiger partial charge in [-0.2, -0.15) is 0 Å². The number of aliphatic carboxylic acids is 2. The summed E-state index contributed by atoms with van der Waals surface area (Å²) < 4.78 is 0. The lowest BCUT2D eigenvalue weighted by atomic mass is 9.91. The van der Waals surface area contributed by atoms with Crippen LogP contribution in [0.1, 0.15) is 110 Å². The van der Waals surface area contributed by atoms with Gasteiger partial charge >= 0.3 is 11.9 Å². The maximum absolute atomic E-state index is 11.0. The molecule has 0 fully saturated rings. The SMILES string of the molecule is CCCCCCCCCC(CCCCCCCC(=O)O)CC(=O)O. The molecule has 0 aliphatic rings. The van der Waals surface area contributed by atoms with Crippen molar-refractivity contribution >= 4 is 11.9 Å². The van der Waals surface area contributed by atoms with Crippen LogP contribution in [0.25, 0.3) is 0 Å². The van der Waals surface area contributed by atoms with E-state index in [1.165, 1.54) is 38.5 Å². The third kappa shape index (κ3) is 17.3. The lowest BCUT2D eigenvalue weighted by Crippen LogP contribution is -2.08. The Balaban J connectivity index is 3.66. The first kappa shape index (κ1) is 22.9. The second-order valence-electron chi connectivity index (χ2n) is 7.07. The molecule has 1 unspecified atom stereocenters. The molecule has 142 valence electrons. The van der Waals surface area contributed by atoms with Crippen LogP contribution in [0.4, 0.5) is 0 Å². The molecule has 24 heavy (non-hydrogen) atoms. The Kier molecular flexibility index (Phi) is 16.0. The summed E-state index contributed by atoms with van der Waals surface area (Å²) in [6.07, 6.45) is 16.5. The predicted octanol–water partition coefficient (Wildman–Crippen LogP) is 6.03. The van der Waals surface area contributed by atoms with Crippen LogP contribution in [0.15, 0.2) is 0 Å². The fourth-order valence-electron chi connectivity index (χ4n) is 3.23. The molecule has 1 atom stereocenters. The highest BCUT2D eigenvalue weighted by molar-refractivity contribution is 5.67. The molecule has 0 heterocycles. The highest BCUT2D eigenvalue weighted by atomic mass is 16.4. The molecule has 4 nitrogen and oxygen atoms in total. The van der Waals surface area contributed by atoms with Crippen molar-refractivity contribution in [3.63, 3.8) is 0 Å². The fourth-order valence-corrected chi connectivity index (χ4v) is 3.23. The van der Waals surface area contributed by atoms with E-state index in [1.807, 2.05) is 0 Å². The van der Waals surface area contributed by atoms with Crippen molar-refractivity contribution in [1.29, 1.82) is 0 Å². The van der Waals surface area contributed by atoms with E-state index in [4.69, 9.17) is 10.2 Å². The fraction of sp³-hybridized carbons (Fsp3) is 0.900. The molecule has 0 rings (SSSR count). The highest BCUT2D eigenvalue weighted by Gasteiger charge is 2.12. The number of carboxylic acid groups (broad SMARTS) is 2. The maximum atomic E-state index is 11.0. The summed E-state index contributed by atoms with van der Waals surface area (Å²) in [4.78, 5) is 21.4. The number of hydrogen-bond donors (Lipinski definition) is 2. The van der Waals surface area contributed by atoms with E-state index in [2.05, 4.69) is 6.92 Å². The van der Waals surface area contributed by atoms with Crippen molar-refractivity contribution in [3.05, 3.63) is 0 Å². The maximum Gasteiger partial charge on any atom is 0.303 e. The molecule has 0 aromatic carbocycles. The summed E-state index contributed by atoms with van der Waals surface area (Å²) in [5, 5.41) is 17.6. The van der Waals surface area contributed by atoms with Crippen molar-refractivity contribution in [3.8, 4) is 0 Å². The number of rotatable bonds is 18. The molecule has 0 saturated heterocycles. The van der Waals surface area contributed by atoms with Gasteiger partial charge in [-0.1, -0.05) is 77.6 Å². The van der Waals surface area contributed by atoms with Gasteiger partial charge in [0.15, 0.2) is 0 Å². The topological polar surface area (TPSA) is 74.6 Å². The molecule has 0 bridgehead atoms. The minimum Gasteiger partial charge on any atom is -0.481 e. The first-order valence-electron chi connectivity index (χ1n) is 9.99. The molecule has 0 radical (unpaired) electrons. The van der Waals surface area contributed by atoms with Crippen molar-refractivity contribution in [1.82, 2.24) is 0 Å². The quantitative estimate of drug-likeness (QED) is 0.298. The Labute approximate surface area is 148 Å². The molecule has 0 spiro atoms. The molecule has 4 heteroatoms. The minimum absolute atomic E-state index is 0.264. The van der Waals surface area contributed by atoms with E-state index in [9.17, 15) is 9.59 Å². The Morgan fingerprint density at radius 1 is 0.667 bits per heavy atom. The Morgan fingerprint density at radius 2 is 1.12 bits per heavy atom. The monoisotopic (exact) mass is 342 g/mol. The zero-order valence-corrected chi connectivity index (χ0v) is 15.6. The number of hydrogen-bond acceptors (Lipinski definition) is 2. The summed E-state index contributed by atoms with van der Waals surface area (Å²) in [7, 11) is 0. The number of unbranched alkanes of at least 4 members (excludes halogenated alkanes) is 10. The molecule has 0 aromatic heterocycles. The van der Waals surface area contributed by atoms with Crippen LogP contribution in [-0.2, 0) is 9.59 Å². The molecular weight excluding hydrogens is 304 g/mol. The molecular formula is C20H38O4. The van der Waals surface area contributed by atoms with E-state index in [0.29, 0.717) is 12.3 Å². The normalized spacial score (nSPS) is 12.2. The molecule has 0 aliphatic heterocycles. The van der Waals surface area contributed by atoms with Gasteiger partial charge in [-0.3, -0.25) is 9.59 Å². The minimum atomic E-state index is -0.716. The molecule has 0 aromatic rings. The van der Waals surface area contributed by atoms with E-state index in [0.717, 1.165) is 51.4 Å². The standard InChI is InChI=1S/C20H38O4/c1-2-3-4-5-6-8-11-14-18(17-20(23)24)15-12-9-7-10-13-16-19(21)22/h18H,2-17H2,1H3,(H,21,22)(H,23,24). The third-order valence-electron chi connectivity index (χ3n) is 4.68. The van der Waals surface area contributed by atoms with Gasteiger partial charge in [0.05, 0.1) is 0 Å². The van der Waals surface area contributed by atoms with Crippen LogP contribution >= 0.6 is 0 Å². The second-order valence-corrected chi connectivity index (χ2v) is 7.07. The van der Waals surface area contributed by atoms with Gasteiger partial charge in [0, 0.05) is 12.8 Å². The van der Waals surface area contributed by atoms with E-state index in [-0.39, 0.29) is 6.42 Å². The molecule has 2 N–H and O–H groups in total. The van der Waals surface area contributed by atoms with Crippen molar-refractivity contribution in [2.75, 3.05) is 0 Å². The largest absolute Gasteiger partial charge is 0.481 e. The van der Waals surface area contributed by atoms with Crippen LogP contribution < -0.4 is 0 Å². The summed E-state index contributed by atoms with van der Waals surface area (Å²) in [5.41, 5.74) is 0. The second kappa shape index (κ2) is 16.8. The van der Waals surface area contributed by atoms with Crippen LogP contribution in [0.5, 0.6) is 0 Å². The third-order valence-corrected chi connectivity index (χ3v) is 4.68. The average Bonchev–Trinajstić information content (AvgIpc) is 2.52. The van der Waals surface area contributed by atoms with Crippen LogP contribution in [-0.4, -0.2) is 22.2 Å². The molecule has 0 aliphatic carbocycles. The van der Waals surface area contributed by atoms with Crippen LogP contribution in [0, 0.1) is 5.92 Å². The van der Waals surface area contributed by atoms with Gasteiger partial charge < -0.3 is 10.2 Å². The van der Waals surface area contributed by atoms with Gasteiger partial charge in [0.2, 0.25) is 0 Å². The van der Waals surface area contributed by atoms with Crippen molar-refractivity contribution in [2.45, 2.75) is 110 Å². The van der Waals surface area contributed by atoms with Gasteiger partial charge in [0.25, 0.3) is 0 Å². The number of carbonyl (C=O) groups is 2.